The Bertz CT molecular complexity index is 476. The number of nitrogens with one attached hydrogen (secondary N) is 1. The first-order valence-corrected chi connectivity index (χ1v) is 6.30. The number of benzene rings is 1. The molecular formula is C13H18N2O5. The molecule has 0 aliphatic rings. The summed E-state index contributed by atoms with van der Waals surface area (Å²) >= 11 is 0. The van der Waals surface area contributed by atoms with Crippen molar-refractivity contribution in [1.29, 1.82) is 0 Å². The van der Waals surface area contributed by atoms with Crippen molar-refractivity contribution in [3.05, 3.63) is 33.9 Å². The first-order valence-electron chi connectivity index (χ1n) is 6.30. The summed E-state index contributed by atoms with van der Waals surface area (Å²) in [6, 6.07) is 4.03. The van der Waals surface area contributed by atoms with Crippen LogP contribution in [0.15, 0.2) is 18.2 Å². The number of hydrogen-bond donors (Lipinski definition) is 2. The van der Waals surface area contributed by atoms with Gasteiger partial charge in [-0.25, -0.2) is 4.79 Å². The topological polar surface area (TPSA) is 102 Å². The molecule has 1 aromatic rings. The zero-order chi connectivity index (χ0) is 15.0. The SMILES string of the molecule is COCCCCCNc1ccc(C(=O)O)c([N+](=O)[O-])c1. The Labute approximate surface area is 116 Å². The Morgan fingerprint density at radius 1 is 1.40 bits per heavy atom. The monoisotopic (exact) mass is 282 g/mol. The molecule has 1 rings (SSSR count). The van der Waals surface area contributed by atoms with Crippen LogP contribution in [0.1, 0.15) is 29.6 Å². The maximum Gasteiger partial charge on any atom is 0.342 e. The minimum Gasteiger partial charge on any atom is -0.477 e. The van der Waals surface area contributed by atoms with Crippen LogP contribution in [-0.2, 0) is 4.74 Å². The summed E-state index contributed by atoms with van der Waals surface area (Å²) in [7, 11) is 1.65. The summed E-state index contributed by atoms with van der Waals surface area (Å²) in [5.41, 5.74) is -0.157. The van der Waals surface area contributed by atoms with E-state index in [1.807, 2.05) is 0 Å². The van der Waals surface area contributed by atoms with Crippen LogP contribution in [0.3, 0.4) is 0 Å². The van der Waals surface area contributed by atoms with Gasteiger partial charge >= 0.3 is 5.97 Å². The van der Waals surface area contributed by atoms with Gasteiger partial charge in [0.15, 0.2) is 0 Å². The Morgan fingerprint density at radius 2 is 2.15 bits per heavy atom. The van der Waals surface area contributed by atoms with Gasteiger partial charge in [0.1, 0.15) is 5.56 Å². The van der Waals surface area contributed by atoms with E-state index in [1.54, 1.807) is 7.11 Å². The van der Waals surface area contributed by atoms with Gasteiger partial charge in [-0.3, -0.25) is 10.1 Å². The molecule has 2 N–H and O–H groups in total. The highest BCUT2D eigenvalue weighted by Gasteiger charge is 2.19. The molecule has 0 spiro atoms. The van der Waals surface area contributed by atoms with E-state index in [-0.39, 0.29) is 5.56 Å². The Balaban J connectivity index is 2.57. The highest BCUT2D eigenvalue weighted by Crippen LogP contribution is 2.23. The van der Waals surface area contributed by atoms with Crippen LogP contribution < -0.4 is 5.32 Å². The first kappa shape index (κ1) is 15.9. The molecule has 20 heavy (non-hydrogen) atoms. The van der Waals surface area contributed by atoms with Crippen LogP contribution in [0.25, 0.3) is 0 Å². The van der Waals surface area contributed by atoms with E-state index >= 15 is 0 Å². The van der Waals surface area contributed by atoms with Gasteiger partial charge in [-0.1, -0.05) is 0 Å². The Kier molecular flexibility index (Phi) is 6.45. The summed E-state index contributed by atoms with van der Waals surface area (Å²) < 4.78 is 4.93. The summed E-state index contributed by atoms with van der Waals surface area (Å²) in [6.45, 7) is 1.39. The number of unbranched alkanes of at least 4 members (excludes halogenated alkanes) is 2. The number of nitrogens with zero attached hydrogens (tertiary/aromatic N) is 1. The average molecular weight is 282 g/mol. The average Bonchev–Trinajstić information content (AvgIpc) is 2.42. The zero-order valence-electron chi connectivity index (χ0n) is 11.3. The lowest BCUT2D eigenvalue weighted by atomic mass is 10.1. The Hall–Kier alpha value is -2.15. The minimum atomic E-state index is -1.30. The van der Waals surface area contributed by atoms with Gasteiger partial charge in [0.2, 0.25) is 0 Å². The molecule has 0 unspecified atom stereocenters. The molecule has 0 saturated heterocycles. The smallest absolute Gasteiger partial charge is 0.342 e. The van der Waals surface area contributed by atoms with Crippen molar-refractivity contribution in [2.75, 3.05) is 25.6 Å². The van der Waals surface area contributed by atoms with E-state index in [4.69, 9.17) is 9.84 Å². The third kappa shape index (κ3) is 4.85. The van der Waals surface area contributed by atoms with Gasteiger partial charge in [0, 0.05) is 32.0 Å². The van der Waals surface area contributed by atoms with E-state index in [2.05, 4.69) is 5.32 Å². The summed E-state index contributed by atoms with van der Waals surface area (Å²) in [4.78, 5) is 21.0. The van der Waals surface area contributed by atoms with Crippen LogP contribution in [0.2, 0.25) is 0 Å². The van der Waals surface area contributed by atoms with E-state index in [9.17, 15) is 14.9 Å². The van der Waals surface area contributed by atoms with E-state index < -0.39 is 16.6 Å². The Morgan fingerprint density at radius 3 is 2.75 bits per heavy atom. The number of rotatable bonds is 9. The van der Waals surface area contributed by atoms with Crippen LogP contribution in [0, 0.1) is 10.1 Å². The summed E-state index contributed by atoms with van der Waals surface area (Å²) in [6.07, 6.45) is 2.88. The predicted molar refractivity (Wildman–Crippen MR) is 74.3 cm³/mol. The maximum atomic E-state index is 10.9. The fourth-order valence-electron chi connectivity index (χ4n) is 1.75. The fraction of sp³-hybridized carbons (Fsp3) is 0.462. The number of methoxy groups -OCH3 is 1. The molecule has 0 atom stereocenters. The summed E-state index contributed by atoms with van der Waals surface area (Å²) in [5.74, 6) is -1.30. The van der Waals surface area contributed by atoms with Crippen molar-refractivity contribution in [3.8, 4) is 0 Å². The highest BCUT2D eigenvalue weighted by molar-refractivity contribution is 5.93. The lowest BCUT2D eigenvalue weighted by Gasteiger charge is -2.07. The lowest BCUT2D eigenvalue weighted by molar-refractivity contribution is -0.385. The maximum absolute atomic E-state index is 10.9. The summed E-state index contributed by atoms with van der Waals surface area (Å²) in [5, 5.41) is 22.7. The van der Waals surface area contributed by atoms with Crippen molar-refractivity contribution in [1.82, 2.24) is 0 Å². The highest BCUT2D eigenvalue weighted by atomic mass is 16.6. The molecule has 7 heteroatoms. The standard InChI is InChI=1S/C13H18N2O5/c1-20-8-4-2-3-7-14-10-5-6-11(13(16)17)12(9-10)15(18)19/h5-6,9,14H,2-4,7-8H2,1H3,(H,16,17). The number of carboxylic acids is 1. The van der Waals surface area contributed by atoms with Gasteiger partial charge in [-0.15, -0.1) is 0 Å². The number of carbonyl (C=O) groups is 1. The normalized spacial score (nSPS) is 10.2. The molecule has 0 aromatic heterocycles. The third-order valence-electron chi connectivity index (χ3n) is 2.78. The second-order valence-electron chi connectivity index (χ2n) is 4.27. The molecule has 0 aliphatic carbocycles. The minimum absolute atomic E-state index is 0.305. The number of carboxylic acid groups (broad SMARTS) is 1. The number of anilines is 1. The predicted octanol–water partition coefficient (Wildman–Crippen LogP) is 2.52. The molecule has 0 saturated carbocycles. The molecule has 7 nitrogen and oxygen atoms in total. The second-order valence-corrected chi connectivity index (χ2v) is 4.27. The van der Waals surface area contributed by atoms with Crippen molar-refractivity contribution in [2.45, 2.75) is 19.3 Å². The van der Waals surface area contributed by atoms with Gasteiger partial charge < -0.3 is 15.2 Å². The van der Waals surface area contributed by atoms with Gasteiger partial charge in [0.25, 0.3) is 5.69 Å². The zero-order valence-corrected chi connectivity index (χ0v) is 11.3. The third-order valence-corrected chi connectivity index (χ3v) is 2.78. The van der Waals surface area contributed by atoms with Crippen LogP contribution in [-0.4, -0.2) is 36.3 Å². The van der Waals surface area contributed by atoms with Crippen molar-refractivity contribution in [3.63, 3.8) is 0 Å². The number of nitro groups is 1. The van der Waals surface area contributed by atoms with Crippen LogP contribution in [0.5, 0.6) is 0 Å². The quantitative estimate of drug-likeness (QED) is 0.410. The van der Waals surface area contributed by atoms with Crippen molar-refractivity contribution >= 4 is 17.3 Å². The van der Waals surface area contributed by atoms with E-state index in [0.717, 1.165) is 25.9 Å². The number of ether oxygens (including phenoxy) is 1. The molecule has 0 heterocycles. The molecule has 0 fully saturated rings. The van der Waals surface area contributed by atoms with Crippen LogP contribution >= 0.6 is 0 Å². The second kappa shape index (κ2) is 8.11. The molecule has 0 amide bonds. The van der Waals surface area contributed by atoms with Gasteiger partial charge in [-0.05, 0) is 31.4 Å². The fourth-order valence-corrected chi connectivity index (χ4v) is 1.75. The molecular weight excluding hydrogens is 264 g/mol. The van der Waals surface area contributed by atoms with Gasteiger partial charge in [0.05, 0.1) is 4.92 Å². The molecule has 1 aromatic carbocycles. The van der Waals surface area contributed by atoms with E-state index in [0.29, 0.717) is 12.2 Å². The molecule has 110 valence electrons. The molecule has 0 radical (unpaired) electrons. The van der Waals surface area contributed by atoms with Crippen LogP contribution in [0.4, 0.5) is 11.4 Å². The molecule has 0 bridgehead atoms. The number of nitro benzene ring substituents is 1. The molecule has 0 aliphatic heterocycles. The van der Waals surface area contributed by atoms with Gasteiger partial charge in [-0.2, -0.15) is 0 Å². The first-order chi connectivity index (χ1) is 9.56. The largest absolute Gasteiger partial charge is 0.477 e. The van der Waals surface area contributed by atoms with Crippen molar-refractivity contribution in [2.24, 2.45) is 0 Å². The van der Waals surface area contributed by atoms with E-state index in [1.165, 1.54) is 18.2 Å². The number of hydrogen-bond acceptors (Lipinski definition) is 5. The lowest BCUT2D eigenvalue weighted by Crippen LogP contribution is -2.06. The number of aromatic carboxylic acids is 1. The van der Waals surface area contributed by atoms with Crippen molar-refractivity contribution < 1.29 is 19.6 Å².